The number of methoxy groups -OCH3 is 1. The molecule has 1 aromatic carbocycles. The highest BCUT2D eigenvalue weighted by atomic mass is 35.5. The van der Waals surface area contributed by atoms with Crippen molar-refractivity contribution in [2.75, 3.05) is 39.6 Å². The van der Waals surface area contributed by atoms with Gasteiger partial charge in [0.05, 0.1) is 28.9 Å². The number of nitrogens with zero attached hydrogens (tertiary/aromatic N) is 2. The lowest BCUT2D eigenvalue weighted by Crippen LogP contribution is -2.27. The zero-order valence-corrected chi connectivity index (χ0v) is 16.3. The number of carbonyl (C=O) groups is 2. The second-order valence-electron chi connectivity index (χ2n) is 6.16. The Morgan fingerprint density at radius 3 is 2.56 bits per heavy atom. The van der Waals surface area contributed by atoms with Crippen molar-refractivity contribution >= 4 is 35.0 Å². The van der Waals surface area contributed by atoms with Crippen molar-refractivity contribution in [2.24, 2.45) is 0 Å². The zero-order valence-electron chi connectivity index (χ0n) is 15.6. The number of amides is 1. The number of ether oxygens (including phenoxy) is 1. The first-order valence-electron chi connectivity index (χ1n) is 8.44. The van der Waals surface area contributed by atoms with Crippen LogP contribution in [0.4, 0.5) is 11.5 Å². The summed E-state index contributed by atoms with van der Waals surface area (Å²) in [7, 11) is 5.30. The van der Waals surface area contributed by atoms with Crippen molar-refractivity contribution in [1.82, 2.24) is 15.2 Å². The quantitative estimate of drug-likeness (QED) is 0.532. The minimum atomic E-state index is -0.455. The summed E-state index contributed by atoms with van der Waals surface area (Å²) in [6, 6.07) is 8.12. The lowest BCUT2D eigenvalue weighted by atomic mass is 10.2. The van der Waals surface area contributed by atoms with Gasteiger partial charge in [0.1, 0.15) is 5.82 Å². The molecule has 144 valence electrons. The fourth-order valence-electron chi connectivity index (χ4n) is 2.31. The molecule has 8 heteroatoms. The maximum atomic E-state index is 12.1. The molecule has 7 nitrogen and oxygen atoms in total. The summed E-state index contributed by atoms with van der Waals surface area (Å²) in [6.45, 7) is 1.51. The van der Waals surface area contributed by atoms with Crippen molar-refractivity contribution in [2.45, 2.75) is 6.42 Å². The standard InChI is InChI=1S/C19H23ClN4O3/c1-24(2)10-4-9-21-18(25)14-6-8-17(22-12-14)23-16-11-13(19(26)27-3)5-7-15(16)20/h5-8,11-12H,4,9-10H2,1-3H3,(H,21,25)(H,22,23). The van der Waals surface area contributed by atoms with E-state index in [0.29, 0.717) is 34.2 Å². The van der Waals surface area contributed by atoms with Crippen LogP contribution in [0.25, 0.3) is 0 Å². The number of pyridine rings is 1. The van der Waals surface area contributed by atoms with E-state index in [9.17, 15) is 9.59 Å². The van der Waals surface area contributed by atoms with E-state index in [-0.39, 0.29) is 5.91 Å². The summed E-state index contributed by atoms with van der Waals surface area (Å²) >= 11 is 6.16. The number of benzene rings is 1. The molecule has 0 bridgehead atoms. The van der Waals surface area contributed by atoms with Crippen molar-refractivity contribution in [3.63, 3.8) is 0 Å². The van der Waals surface area contributed by atoms with Gasteiger partial charge in [0.25, 0.3) is 5.91 Å². The number of anilines is 2. The van der Waals surface area contributed by atoms with E-state index in [2.05, 4.69) is 20.5 Å². The van der Waals surface area contributed by atoms with Gasteiger partial charge in [0.2, 0.25) is 0 Å². The zero-order chi connectivity index (χ0) is 19.8. The Morgan fingerprint density at radius 1 is 1.19 bits per heavy atom. The predicted molar refractivity (Wildman–Crippen MR) is 106 cm³/mol. The molecule has 1 amide bonds. The molecule has 0 aliphatic carbocycles. The number of rotatable bonds is 8. The van der Waals surface area contributed by atoms with Crippen LogP contribution >= 0.6 is 11.6 Å². The highest BCUT2D eigenvalue weighted by Crippen LogP contribution is 2.26. The molecular formula is C19H23ClN4O3. The molecule has 2 N–H and O–H groups in total. The number of hydrogen-bond donors (Lipinski definition) is 2. The van der Waals surface area contributed by atoms with Crippen LogP contribution in [-0.2, 0) is 4.74 Å². The Bertz CT molecular complexity index is 794. The van der Waals surface area contributed by atoms with E-state index in [1.165, 1.54) is 13.3 Å². The fraction of sp³-hybridized carbons (Fsp3) is 0.316. The highest BCUT2D eigenvalue weighted by molar-refractivity contribution is 6.33. The highest BCUT2D eigenvalue weighted by Gasteiger charge is 2.10. The number of halogens is 1. The van der Waals surface area contributed by atoms with Crippen LogP contribution < -0.4 is 10.6 Å². The smallest absolute Gasteiger partial charge is 0.337 e. The molecule has 2 rings (SSSR count). The number of aromatic nitrogens is 1. The van der Waals surface area contributed by atoms with Gasteiger partial charge in [-0.05, 0) is 57.4 Å². The van der Waals surface area contributed by atoms with Gasteiger partial charge in [0, 0.05) is 12.7 Å². The summed E-state index contributed by atoms with van der Waals surface area (Å²) in [6.07, 6.45) is 2.36. The van der Waals surface area contributed by atoms with E-state index in [4.69, 9.17) is 16.3 Å². The molecule has 0 spiro atoms. The van der Waals surface area contributed by atoms with Gasteiger partial charge in [0.15, 0.2) is 0 Å². The first-order chi connectivity index (χ1) is 12.9. The van der Waals surface area contributed by atoms with Gasteiger partial charge >= 0.3 is 5.97 Å². The SMILES string of the molecule is COC(=O)c1ccc(Cl)c(Nc2ccc(C(=O)NCCCN(C)C)cn2)c1. The van der Waals surface area contributed by atoms with Crippen LogP contribution in [0.5, 0.6) is 0 Å². The van der Waals surface area contributed by atoms with Crippen LogP contribution in [0.1, 0.15) is 27.1 Å². The van der Waals surface area contributed by atoms with Crippen LogP contribution in [0.3, 0.4) is 0 Å². The molecule has 0 saturated heterocycles. The largest absolute Gasteiger partial charge is 0.465 e. The van der Waals surface area contributed by atoms with Crippen molar-refractivity contribution in [3.05, 3.63) is 52.7 Å². The molecule has 0 fully saturated rings. The summed E-state index contributed by atoms with van der Waals surface area (Å²) < 4.78 is 4.70. The van der Waals surface area contributed by atoms with Gasteiger partial charge < -0.3 is 20.3 Å². The van der Waals surface area contributed by atoms with E-state index in [1.54, 1.807) is 30.3 Å². The average Bonchev–Trinajstić information content (AvgIpc) is 2.66. The molecule has 1 heterocycles. The number of hydrogen-bond acceptors (Lipinski definition) is 6. The molecule has 0 aliphatic rings. The van der Waals surface area contributed by atoms with Gasteiger partial charge in [-0.3, -0.25) is 4.79 Å². The Hall–Kier alpha value is -2.64. The van der Waals surface area contributed by atoms with Gasteiger partial charge in [-0.1, -0.05) is 11.6 Å². The Kier molecular flexibility index (Phi) is 7.57. The van der Waals surface area contributed by atoms with E-state index >= 15 is 0 Å². The average molecular weight is 391 g/mol. The van der Waals surface area contributed by atoms with Gasteiger partial charge in [-0.15, -0.1) is 0 Å². The maximum absolute atomic E-state index is 12.1. The van der Waals surface area contributed by atoms with Gasteiger partial charge in [-0.2, -0.15) is 0 Å². The third-order valence-electron chi connectivity index (χ3n) is 3.74. The molecule has 0 radical (unpaired) electrons. The molecule has 0 saturated carbocycles. The van der Waals surface area contributed by atoms with Crippen LogP contribution in [-0.4, -0.2) is 56.1 Å². The second-order valence-corrected chi connectivity index (χ2v) is 6.56. The third-order valence-corrected chi connectivity index (χ3v) is 4.07. The van der Waals surface area contributed by atoms with E-state index in [1.807, 2.05) is 14.1 Å². The van der Waals surface area contributed by atoms with Crippen LogP contribution in [0.15, 0.2) is 36.5 Å². The van der Waals surface area contributed by atoms with Gasteiger partial charge in [-0.25, -0.2) is 9.78 Å². The monoisotopic (exact) mass is 390 g/mol. The molecular weight excluding hydrogens is 368 g/mol. The first-order valence-corrected chi connectivity index (χ1v) is 8.82. The van der Waals surface area contributed by atoms with Crippen LogP contribution in [0.2, 0.25) is 5.02 Å². The third kappa shape index (κ3) is 6.23. The topological polar surface area (TPSA) is 83.6 Å². The first kappa shape index (κ1) is 20.7. The number of esters is 1. The lowest BCUT2D eigenvalue weighted by molar-refractivity contribution is 0.0600. The summed E-state index contributed by atoms with van der Waals surface area (Å²) in [5.74, 6) is -0.120. The second kappa shape index (κ2) is 9.89. The number of carbonyl (C=O) groups excluding carboxylic acids is 2. The fourth-order valence-corrected chi connectivity index (χ4v) is 2.47. The molecule has 0 atom stereocenters. The normalized spacial score (nSPS) is 10.6. The predicted octanol–water partition coefficient (Wildman–Crippen LogP) is 2.95. The summed E-state index contributed by atoms with van der Waals surface area (Å²) in [5, 5.41) is 6.33. The van der Waals surface area contributed by atoms with E-state index < -0.39 is 5.97 Å². The Morgan fingerprint density at radius 2 is 1.93 bits per heavy atom. The minimum absolute atomic E-state index is 0.168. The van der Waals surface area contributed by atoms with Crippen LogP contribution in [0, 0.1) is 0 Å². The van der Waals surface area contributed by atoms with Crippen molar-refractivity contribution in [1.29, 1.82) is 0 Å². The number of nitrogens with one attached hydrogen (secondary N) is 2. The molecule has 0 unspecified atom stereocenters. The Balaban J connectivity index is 1.99. The van der Waals surface area contributed by atoms with Crippen molar-refractivity contribution < 1.29 is 14.3 Å². The summed E-state index contributed by atoms with van der Waals surface area (Å²) in [5.41, 5.74) is 1.37. The minimum Gasteiger partial charge on any atom is -0.465 e. The molecule has 1 aromatic heterocycles. The molecule has 27 heavy (non-hydrogen) atoms. The summed E-state index contributed by atoms with van der Waals surface area (Å²) in [4.78, 5) is 30.0. The lowest BCUT2D eigenvalue weighted by Gasteiger charge is -2.11. The molecule has 0 aliphatic heterocycles. The molecule has 2 aromatic rings. The maximum Gasteiger partial charge on any atom is 0.337 e. The Labute approximate surface area is 163 Å². The van der Waals surface area contributed by atoms with E-state index in [0.717, 1.165) is 13.0 Å². The van der Waals surface area contributed by atoms with Crippen molar-refractivity contribution in [3.8, 4) is 0 Å².